The Morgan fingerprint density at radius 3 is 2.84 bits per heavy atom. The second-order valence-electron chi connectivity index (χ2n) is 6.26. The molecular formula is C20H16N2O3. The summed E-state index contributed by atoms with van der Waals surface area (Å²) >= 11 is 0. The number of fused-ring (bicyclic) bond motifs is 2. The van der Waals surface area contributed by atoms with Crippen LogP contribution in [0.1, 0.15) is 33.7 Å². The van der Waals surface area contributed by atoms with Gasteiger partial charge in [-0.05, 0) is 48.8 Å². The van der Waals surface area contributed by atoms with Crippen LogP contribution in [-0.4, -0.2) is 20.6 Å². The summed E-state index contributed by atoms with van der Waals surface area (Å²) in [5.74, 6) is -0.381. The lowest BCUT2D eigenvalue weighted by Crippen LogP contribution is -2.21. The zero-order chi connectivity index (χ0) is 17.6. The van der Waals surface area contributed by atoms with E-state index in [9.17, 15) is 9.59 Å². The van der Waals surface area contributed by atoms with Gasteiger partial charge in [-0.1, -0.05) is 29.8 Å². The Bertz CT molecular complexity index is 1110. The molecule has 4 rings (SSSR count). The van der Waals surface area contributed by atoms with Crippen molar-refractivity contribution in [1.29, 1.82) is 0 Å². The van der Waals surface area contributed by atoms with E-state index in [1.54, 1.807) is 10.6 Å². The molecule has 124 valence electrons. The molecular weight excluding hydrogens is 316 g/mol. The fourth-order valence-corrected chi connectivity index (χ4v) is 3.25. The van der Waals surface area contributed by atoms with E-state index >= 15 is 0 Å². The second kappa shape index (κ2) is 5.70. The number of carbonyl (C=O) groups is 1. The van der Waals surface area contributed by atoms with Crippen LogP contribution in [0.5, 0.6) is 0 Å². The van der Waals surface area contributed by atoms with Crippen molar-refractivity contribution >= 4 is 28.5 Å². The number of hydrogen-bond donors (Lipinski definition) is 1. The highest BCUT2D eigenvalue weighted by Gasteiger charge is 2.21. The normalized spacial score (nSPS) is 14.8. The molecule has 0 saturated heterocycles. The lowest BCUT2D eigenvalue weighted by Gasteiger charge is -2.06. The van der Waals surface area contributed by atoms with Gasteiger partial charge in [0, 0.05) is 6.54 Å². The molecule has 5 heteroatoms. The summed E-state index contributed by atoms with van der Waals surface area (Å²) in [6, 6.07) is 12.7. The molecule has 25 heavy (non-hydrogen) atoms. The summed E-state index contributed by atoms with van der Waals surface area (Å²) in [5.41, 5.74) is 3.72. The molecule has 1 aromatic heterocycles. The molecule has 0 spiro atoms. The Kier molecular flexibility index (Phi) is 3.50. The largest absolute Gasteiger partial charge is 0.478 e. The van der Waals surface area contributed by atoms with Crippen LogP contribution in [0, 0.1) is 6.92 Å². The summed E-state index contributed by atoms with van der Waals surface area (Å²) < 4.78 is 1.63. The maximum absolute atomic E-state index is 12.8. The van der Waals surface area contributed by atoms with Crippen LogP contribution in [0.2, 0.25) is 0 Å². The van der Waals surface area contributed by atoms with Crippen molar-refractivity contribution in [2.24, 2.45) is 0 Å². The number of aromatic nitrogens is 2. The molecule has 0 atom stereocenters. The van der Waals surface area contributed by atoms with E-state index in [1.165, 1.54) is 17.7 Å². The van der Waals surface area contributed by atoms with E-state index in [0.717, 1.165) is 17.6 Å². The topological polar surface area (TPSA) is 72.2 Å². The van der Waals surface area contributed by atoms with Crippen molar-refractivity contribution in [2.45, 2.75) is 19.9 Å². The van der Waals surface area contributed by atoms with Crippen molar-refractivity contribution in [3.05, 3.63) is 75.3 Å². The lowest BCUT2D eigenvalue weighted by molar-refractivity contribution is 0.0697. The number of rotatable bonds is 2. The van der Waals surface area contributed by atoms with Gasteiger partial charge in [-0.2, -0.15) is 0 Å². The molecule has 1 aliphatic rings. The van der Waals surface area contributed by atoms with Gasteiger partial charge in [-0.25, -0.2) is 9.78 Å². The Morgan fingerprint density at radius 1 is 1.24 bits per heavy atom. The second-order valence-corrected chi connectivity index (χ2v) is 6.26. The predicted molar refractivity (Wildman–Crippen MR) is 96.6 cm³/mol. The first-order valence-corrected chi connectivity index (χ1v) is 8.08. The van der Waals surface area contributed by atoms with Crippen LogP contribution >= 0.6 is 0 Å². The van der Waals surface area contributed by atoms with Crippen LogP contribution in [0.15, 0.2) is 47.3 Å². The fraction of sp³-hybridized carbons (Fsp3) is 0.150. The molecule has 1 aliphatic heterocycles. The van der Waals surface area contributed by atoms with Crippen molar-refractivity contribution < 1.29 is 9.90 Å². The molecule has 0 unspecified atom stereocenters. The Labute approximate surface area is 143 Å². The maximum atomic E-state index is 12.8. The number of carboxylic acid groups (broad SMARTS) is 1. The summed E-state index contributed by atoms with van der Waals surface area (Å²) in [6.45, 7) is 2.60. The van der Waals surface area contributed by atoms with Crippen molar-refractivity contribution in [3.63, 3.8) is 0 Å². The van der Waals surface area contributed by atoms with E-state index in [1.807, 2.05) is 25.1 Å². The summed E-state index contributed by atoms with van der Waals surface area (Å²) in [5, 5.41) is 9.47. The van der Waals surface area contributed by atoms with Gasteiger partial charge in [0.15, 0.2) is 0 Å². The van der Waals surface area contributed by atoms with Gasteiger partial charge >= 0.3 is 5.97 Å². The fourth-order valence-electron chi connectivity index (χ4n) is 3.25. The van der Waals surface area contributed by atoms with E-state index in [0.29, 0.717) is 23.3 Å². The van der Waals surface area contributed by atoms with Crippen LogP contribution in [0.25, 0.3) is 22.6 Å². The molecule has 0 aliphatic carbocycles. The number of allylic oxidation sites excluding steroid dienone is 1. The van der Waals surface area contributed by atoms with Gasteiger partial charge < -0.3 is 5.11 Å². The van der Waals surface area contributed by atoms with Crippen molar-refractivity contribution in [1.82, 2.24) is 9.55 Å². The minimum atomic E-state index is -1.05. The number of hydrogen-bond acceptors (Lipinski definition) is 3. The predicted octanol–water partition coefficient (Wildman–Crippen LogP) is 3.35. The number of carboxylic acids is 1. The smallest absolute Gasteiger partial charge is 0.335 e. The number of aryl methyl sites for hydroxylation is 1. The zero-order valence-corrected chi connectivity index (χ0v) is 13.7. The van der Waals surface area contributed by atoms with Gasteiger partial charge in [-0.3, -0.25) is 9.36 Å². The minimum absolute atomic E-state index is 0.0977. The summed E-state index contributed by atoms with van der Waals surface area (Å²) in [6.07, 6.45) is 2.80. The quantitative estimate of drug-likeness (QED) is 0.781. The zero-order valence-electron chi connectivity index (χ0n) is 13.7. The molecule has 2 aromatic carbocycles. The van der Waals surface area contributed by atoms with E-state index in [4.69, 9.17) is 5.11 Å². The number of aromatic carboxylic acids is 1. The minimum Gasteiger partial charge on any atom is -0.478 e. The molecule has 0 saturated carbocycles. The van der Waals surface area contributed by atoms with Crippen LogP contribution in [0.3, 0.4) is 0 Å². The monoisotopic (exact) mass is 332 g/mol. The Balaban J connectivity index is 1.88. The molecule has 0 amide bonds. The first-order valence-electron chi connectivity index (χ1n) is 8.08. The molecule has 1 N–H and O–H groups in total. The van der Waals surface area contributed by atoms with Crippen LogP contribution in [0.4, 0.5) is 0 Å². The van der Waals surface area contributed by atoms with E-state index in [-0.39, 0.29) is 11.1 Å². The SMILES string of the molecule is Cc1cccc(C=C2CCn3c2nc2ccc(C(=O)O)cc2c3=O)c1. The molecule has 0 fully saturated rings. The van der Waals surface area contributed by atoms with Crippen molar-refractivity contribution in [3.8, 4) is 0 Å². The van der Waals surface area contributed by atoms with Crippen LogP contribution < -0.4 is 5.56 Å². The van der Waals surface area contributed by atoms with Crippen molar-refractivity contribution in [2.75, 3.05) is 0 Å². The van der Waals surface area contributed by atoms with Gasteiger partial charge in [0.1, 0.15) is 5.82 Å². The average molecular weight is 332 g/mol. The third-order valence-corrected chi connectivity index (χ3v) is 4.48. The van der Waals surface area contributed by atoms with E-state index < -0.39 is 5.97 Å². The Morgan fingerprint density at radius 2 is 2.08 bits per heavy atom. The standard InChI is InChI=1S/C20H16N2O3/c1-12-3-2-4-13(9-12)10-14-7-8-22-18(14)21-17-6-5-15(20(24)25)11-16(17)19(22)23/h2-6,9-11H,7-8H2,1H3,(H,24,25). The molecule has 3 aromatic rings. The van der Waals surface area contributed by atoms with E-state index in [2.05, 4.69) is 17.1 Å². The lowest BCUT2D eigenvalue weighted by atomic mass is 10.1. The highest BCUT2D eigenvalue weighted by atomic mass is 16.4. The van der Waals surface area contributed by atoms with Gasteiger partial charge in [-0.15, -0.1) is 0 Å². The molecule has 0 radical (unpaired) electrons. The highest BCUT2D eigenvalue weighted by molar-refractivity contribution is 5.93. The van der Waals surface area contributed by atoms with Crippen LogP contribution in [-0.2, 0) is 6.54 Å². The van der Waals surface area contributed by atoms with Gasteiger partial charge in [0.2, 0.25) is 0 Å². The first kappa shape index (κ1) is 15.3. The average Bonchev–Trinajstić information content (AvgIpc) is 2.98. The third kappa shape index (κ3) is 2.63. The number of nitrogens with zero attached hydrogens (tertiary/aromatic N) is 2. The van der Waals surface area contributed by atoms with Gasteiger partial charge in [0.25, 0.3) is 5.56 Å². The van der Waals surface area contributed by atoms with Gasteiger partial charge in [0.05, 0.1) is 16.5 Å². The summed E-state index contributed by atoms with van der Waals surface area (Å²) in [4.78, 5) is 28.5. The maximum Gasteiger partial charge on any atom is 0.335 e. The molecule has 0 bridgehead atoms. The third-order valence-electron chi connectivity index (χ3n) is 4.48. The highest BCUT2D eigenvalue weighted by Crippen LogP contribution is 2.27. The molecule has 5 nitrogen and oxygen atoms in total. The first-order chi connectivity index (χ1) is 12.0. The molecule has 2 heterocycles. The Hall–Kier alpha value is -3.21. The number of benzene rings is 2. The summed E-state index contributed by atoms with van der Waals surface area (Å²) in [7, 11) is 0.